The smallest absolute Gasteiger partial charge is 0.545 e. The molecule has 0 aliphatic heterocycles. The van der Waals surface area contributed by atoms with Crippen molar-refractivity contribution in [1.82, 2.24) is 0 Å². The van der Waals surface area contributed by atoms with Crippen LogP contribution in [0.1, 0.15) is 105 Å². The van der Waals surface area contributed by atoms with Crippen LogP contribution < -0.4 is 40.6 Å². The van der Waals surface area contributed by atoms with E-state index in [-0.39, 0.29) is 76.5 Å². The molecule has 34 nitrogen and oxygen atoms in total. The summed E-state index contributed by atoms with van der Waals surface area (Å²) >= 11 is 0. The molecule has 0 spiro atoms. The van der Waals surface area contributed by atoms with Crippen molar-refractivity contribution < 1.29 is 185 Å². The van der Waals surface area contributed by atoms with Crippen LogP contribution in [0.5, 0.6) is 0 Å². The molecule has 0 radical (unpaired) electrons. The van der Waals surface area contributed by atoms with Crippen LogP contribution in [-0.4, -0.2) is 77.7 Å². The second-order valence-corrected chi connectivity index (χ2v) is 16.6. The van der Waals surface area contributed by atoms with Gasteiger partial charge in [-0.05, 0) is 46.5 Å². The summed E-state index contributed by atoms with van der Waals surface area (Å²) in [6, 6.07) is 37.6. The van der Waals surface area contributed by atoms with Gasteiger partial charge < -0.3 is 91.5 Å². The number of non-ortho nitro benzene ring substituents is 4. The molecule has 0 unspecified atom stereocenters. The third kappa shape index (κ3) is 31.5. The Balaban J connectivity index is -0.000000511. The maximum atomic E-state index is 10.5. The number of nitro groups is 4. The van der Waals surface area contributed by atoms with Crippen LogP contribution >= 0.6 is 0 Å². The van der Waals surface area contributed by atoms with Crippen LogP contribution in [0, 0.1) is 40.5 Å². The molecule has 6 aromatic carbocycles. The number of nitrogens with one attached hydrogen (secondary N) is 2. The summed E-state index contributed by atoms with van der Waals surface area (Å²) in [5.74, 6) is -13.0. The SMILES string of the molecule is C(=C\c1cc[nH+]cc1)/c1ccccc1.C(=C\c1cc[nH+]cc1)/c1ccccc1.O=C([O-])c1cc(C(=O)O)cc([N+](=O)[O-])c1.O=C([O-])c1cc(C(=O)O)cc([N+](=O)[O-])c1.O=C([O-])c1cc(C(=O)[O-])cc([N+](=O)[O-])c1.O=C([O-])c1cc(C(=O)[O-])cc([N+](=O)[O-])c1.[Cd+2].[Cd+2].[OH3+].[OH3+].[OH3+].[OH3+]. The zero-order valence-corrected chi connectivity index (χ0v) is 56.1. The van der Waals surface area contributed by atoms with Gasteiger partial charge in [0.15, 0.2) is 24.8 Å². The number of benzene rings is 6. The fraction of sp³-hybridized carbons (Fsp3) is 0. The van der Waals surface area contributed by atoms with Crippen molar-refractivity contribution in [3.8, 4) is 0 Å². The molecular formula is C58H50Cd2N6O28+4. The first-order valence-corrected chi connectivity index (χ1v) is 23.9. The number of nitrogens with zero attached hydrogens (tertiary/aromatic N) is 4. The predicted molar refractivity (Wildman–Crippen MR) is 309 cm³/mol. The van der Waals surface area contributed by atoms with Crippen LogP contribution in [-0.2, 0) is 76.5 Å². The van der Waals surface area contributed by atoms with Gasteiger partial charge in [-0.3, -0.25) is 40.5 Å². The summed E-state index contributed by atoms with van der Waals surface area (Å²) in [6.07, 6.45) is 16.1. The Morgan fingerprint density at radius 2 is 0.468 bits per heavy atom. The van der Waals surface area contributed by atoms with E-state index in [0.717, 1.165) is 48.5 Å². The average Bonchev–Trinajstić information content (AvgIpc) is 1.03. The summed E-state index contributed by atoms with van der Waals surface area (Å²) < 4.78 is 0. The Morgan fingerprint density at radius 3 is 0.638 bits per heavy atom. The van der Waals surface area contributed by atoms with E-state index in [1.807, 2.05) is 85.5 Å². The molecule has 0 aliphatic rings. The Hall–Kier alpha value is -11.9. The summed E-state index contributed by atoms with van der Waals surface area (Å²) in [5, 5.41) is 121. The predicted octanol–water partition coefficient (Wildman–Crippen LogP) is -2.39. The maximum absolute atomic E-state index is 10.5. The second kappa shape index (κ2) is 44.6. The van der Waals surface area contributed by atoms with Gasteiger partial charge in [-0.15, -0.1) is 0 Å². The Morgan fingerprint density at radius 1 is 0.298 bits per heavy atom. The fourth-order valence-electron chi connectivity index (χ4n) is 6.36. The van der Waals surface area contributed by atoms with Crippen molar-refractivity contribution in [2.45, 2.75) is 0 Å². The minimum atomic E-state index is -1.69. The Labute approximate surface area is 566 Å². The molecule has 2 aromatic heterocycles. The third-order valence-electron chi connectivity index (χ3n) is 10.4. The van der Waals surface area contributed by atoms with Gasteiger partial charge in [0.1, 0.15) is 0 Å². The molecule has 0 amide bonds. The molecule has 0 aliphatic carbocycles. The zero-order valence-electron chi connectivity index (χ0n) is 48.0. The van der Waals surface area contributed by atoms with Gasteiger partial charge in [0.05, 0.1) is 66.6 Å². The quantitative estimate of drug-likeness (QED) is 0.0441. The van der Waals surface area contributed by atoms with Crippen molar-refractivity contribution in [3.63, 3.8) is 0 Å². The Kier molecular flexibility index (Phi) is 42.0. The average molecular weight is 1500 g/mol. The molecular weight excluding hydrogens is 1450 g/mol. The standard InChI is InChI=1S/2C13H11N.4C8H5NO6.2Cd.4H2O/c2*1-2-4-12(5-3-1)6-7-13-8-10-14-11-9-13;4*10-7(11)4-1-5(8(12)13)3-6(2-4)9(14)15;;;;;;/h2*1-11H;4*1-3H,(H,10,11)(H,12,13);;;4*1H2/q;;;;;;2*+2;;;;/b2*7-6+;;;;;;;;;;. The fourth-order valence-corrected chi connectivity index (χ4v) is 6.36. The number of aromatic amines is 2. The number of rotatable bonds is 16. The molecule has 0 bridgehead atoms. The first-order chi connectivity index (χ1) is 41.6. The summed E-state index contributed by atoms with van der Waals surface area (Å²) in [7, 11) is 0. The van der Waals surface area contributed by atoms with Gasteiger partial charge in [0, 0.05) is 106 Å². The van der Waals surface area contributed by atoms with Gasteiger partial charge in [0.25, 0.3) is 22.7 Å². The summed E-state index contributed by atoms with van der Waals surface area (Å²) in [4.78, 5) is 127. The van der Waals surface area contributed by atoms with E-state index >= 15 is 0 Å². The van der Waals surface area contributed by atoms with Crippen molar-refractivity contribution in [3.05, 3.63) is 290 Å². The van der Waals surface area contributed by atoms with Gasteiger partial charge in [-0.1, -0.05) is 85.0 Å². The molecule has 94 heavy (non-hydrogen) atoms. The van der Waals surface area contributed by atoms with Crippen LogP contribution in [0.3, 0.4) is 0 Å². The van der Waals surface area contributed by atoms with Crippen molar-refractivity contribution in [2.75, 3.05) is 0 Å². The van der Waals surface area contributed by atoms with Gasteiger partial charge in [-0.25, -0.2) is 19.6 Å². The molecule has 8 rings (SSSR count). The number of carbonyl (C=O) groups excluding carboxylic acids is 6. The van der Waals surface area contributed by atoms with Crippen LogP contribution in [0.4, 0.5) is 22.7 Å². The van der Waals surface area contributed by atoms with Crippen molar-refractivity contribution in [2.24, 2.45) is 0 Å². The van der Waals surface area contributed by atoms with E-state index in [0.29, 0.717) is 24.3 Å². The molecule has 0 fully saturated rings. The largest absolute Gasteiger partial charge is 2.00 e. The Bertz CT molecular complexity index is 3150. The summed E-state index contributed by atoms with van der Waals surface area (Å²) in [5.41, 5.74) is -1.98. The molecule has 480 valence electrons. The molecule has 0 atom stereocenters. The molecule has 2 heterocycles. The number of carboxylic acid groups (broad SMARTS) is 8. The number of H-pyrrole nitrogens is 2. The molecule has 16 N–H and O–H groups in total. The topological polar surface area (TPSA) is 648 Å². The third-order valence-corrected chi connectivity index (χ3v) is 10.4. The van der Waals surface area contributed by atoms with Gasteiger partial charge in [0.2, 0.25) is 0 Å². The van der Waals surface area contributed by atoms with Crippen molar-refractivity contribution >= 4 is 94.8 Å². The van der Waals surface area contributed by atoms with E-state index < -0.39 is 135 Å². The number of nitro benzene ring substituents is 4. The van der Waals surface area contributed by atoms with E-state index in [2.05, 4.69) is 58.5 Å². The number of aromatic nitrogens is 2. The first-order valence-electron chi connectivity index (χ1n) is 23.9. The van der Waals surface area contributed by atoms with Crippen molar-refractivity contribution in [1.29, 1.82) is 0 Å². The first kappa shape index (κ1) is 88.6. The molecule has 0 saturated carbocycles. The number of pyridine rings is 2. The normalized spacial score (nSPS) is 9.28. The minimum Gasteiger partial charge on any atom is -0.545 e. The van der Waals surface area contributed by atoms with E-state index in [1.165, 1.54) is 22.3 Å². The maximum Gasteiger partial charge on any atom is 2.00 e. The van der Waals surface area contributed by atoms with Crippen LogP contribution in [0.2, 0.25) is 0 Å². The van der Waals surface area contributed by atoms with Crippen LogP contribution in [0.15, 0.2) is 183 Å². The zero-order chi connectivity index (χ0) is 65.6. The van der Waals surface area contributed by atoms with E-state index in [9.17, 15) is 109 Å². The monoisotopic (exact) mass is 1510 g/mol. The van der Waals surface area contributed by atoms with E-state index in [1.54, 1.807) is 0 Å². The minimum absolute atomic E-state index is 0. The van der Waals surface area contributed by atoms with Gasteiger partial charge in [-0.2, -0.15) is 0 Å². The molecule has 8 aromatic rings. The molecule has 0 saturated heterocycles. The molecule has 36 heteroatoms. The number of hydrogen-bond acceptors (Lipinski definition) is 22. The number of carboxylic acids is 8. The van der Waals surface area contributed by atoms with Crippen LogP contribution in [0.25, 0.3) is 24.3 Å². The number of hydrogen-bond donors (Lipinski definition) is 2. The summed E-state index contributed by atoms with van der Waals surface area (Å²) in [6.45, 7) is 0. The number of carbonyl (C=O) groups is 8. The number of aromatic carboxylic acids is 8. The second-order valence-electron chi connectivity index (χ2n) is 16.6. The van der Waals surface area contributed by atoms with E-state index in [4.69, 9.17) is 10.2 Å². The van der Waals surface area contributed by atoms with Gasteiger partial charge >= 0.3 is 66.5 Å².